The number of benzene rings is 1. The summed E-state index contributed by atoms with van der Waals surface area (Å²) in [6, 6.07) is 15.0. The van der Waals surface area contributed by atoms with E-state index >= 15 is 0 Å². The molecule has 0 amide bonds. The second-order valence-corrected chi connectivity index (χ2v) is 10.5. The van der Waals surface area contributed by atoms with Crippen molar-refractivity contribution in [1.29, 1.82) is 0 Å². The third-order valence-electron chi connectivity index (χ3n) is 7.33. The number of pyridine rings is 1. The van der Waals surface area contributed by atoms with E-state index < -0.39 is 0 Å². The zero-order valence-corrected chi connectivity index (χ0v) is 24.2. The number of aromatic nitrogens is 1. The molecular weight excluding hydrogens is 424 g/mol. The standard InChI is InChI=1S/C20H31N.C11H15N.C2H6/c1-6-17(2)12-13-18(3)14-15-21(5)16-19(4)20-10-8-7-9-11-20;1-8-4-5-12-10(6-8)11(3)7-9(11)2;1-2/h6-11,19H,3,12-16H2,1-2,4-5H3;4-6,9H,7H2,1-3H3;1-2H3/b17-6+;;. The molecule has 194 valence electrons. The Labute approximate surface area is 217 Å². The van der Waals surface area contributed by atoms with Crippen molar-refractivity contribution in [2.24, 2.45) is 5.92 Å². The predicted octanol–water partition coefficient (Wildman–Crippen LogP) is 9.13. The Morgan fingerprint density at radius 2 is 1.80 bits per heavy atom. The highest BCUT2D eigenvalue weighted by atomic mass is 15.1. The van der Waals surface area contributed by atoms with Crippen molar-refractivity contribution in [2.45, 2.75) is 92.4 Å². The van der Waals surface area contributed by atoms with Gasteiger partial charge in [-0.15, -0.1) is 0 Å². The summed E-state index contributed by atoms with van der Waals surface area (Å²) in [7, 11) is 2.21. The van der Waals surface area contributed by atoms with Gasteiger partial charge in [-0.3, -0.25) is 4.98 Å². The first-order chi connectivity index (χ1) is 16.7. The van der Waals surface area contributed by atoms with Crippen LogP contribution in [-0.2, 0) is 5.41 Å². The number of likely N-dealkylation sites (N-methyl/N-ethyl adjacent to an activating group) is 1. The minimum Gasteiger partial charge on any atom is -0.305 e. The van der Waals surface area contributed by atoms with Gasteiger partial charge in [-0.05, 0) is 88.6 Å². The largest absolute Gasteiger partial charge is 0.305 e. The van der Waals surface area contributed by atoms with Crippen LogP contribution in [0.4, 0.5) is 0 Å². The molecule has 0 radical (unpaired) electrons. The highest BCUT2D eigenvalue weighted by Gasteiger charge is 2.48. The molecule has 0 N–H and O–H groups in total. The van der Waals surface area contributed by atoms with Crippen molar-refractivity contribution in [3.05, 3.63) is 89.3 Å². The van der Waals surface area contributed by atoms with Crippen molar-refractivity contribution in [1.82, 2.24) is 9.88 Å². The molecule has 0 saturated heterocycles. The molecule has 1 heterocycles. The Morgan fingerprint density at radius 3 is 2.34 bits per heavy atom. The molecule has 0 spiro atoms. The van der Waals surface area contributed by atoms with Crippen LogP contribution in [-0.4, -0.2) is 30.0 Å². The van der Waals surface area contributed by atoms with Gasteiger partial charge in [-0.1, -0.05) is 88.8 Å². The Balaban J connectivity index is 0.000000367. The molecule has 2 aromatic rings. The Morgan fingerprint density at radius 1 is 1.17 bits per heavy atom. The fourth-order valence-corrected chi connectivity index (χ4v) is 4.22. The molecule has 1 aromatic carbocycles. The third-order valence-corrected chi connectivity index (χ3v) is 7.33. The van der Waals surface area contributed by atoms with Gasteiger partial charge in [0.15, 0.2) is 0 Å². The highest BCUT2D eigenvalue weighted by Crippen LogP contribution is 2.52. The van der Waals surface area contributed by atoms with Gasteiger partial charge in [-0.2, -0.15) is 0 Å². The number of hydrogen-bond acceptors (Lipinski definition) is 2. The van der Waals surface area contributed by atoms with E-state index in [4.69, 9.17) is 0 Å². The van der Waals surface area contributed by atoms with Crippen LogP contribution in [0.25, 0.3) is 0 Å². The van der Waals surface area contributed by atoms with E-state index in [9.17, 15) is 0 Å². The quantitative estimate of drug-likeness (QED) is 0.318. The molecule has 3 unspecified atom stereocenters. The molecule has 3 rings (SSSR count). The topological polar surface area (TPSA) is 16.1 Å². The van der Waals surface area contributed by atoms with Gasteiger partial charge in [-0.25, -0.2) is 0 Å². The minimum atomic E-state index is 0.381. The lowest BCUT2D eigenvalue weighted by Crippen LogP contribution is -2.24. The fraction of sp³-hybridized carbons (Fsp3) is 0.545. The average Bonchev–Trinajstić information content (AvgIpc) is 3.50. The van der Waals surface area contributed by atoms with Crippen LogP contribution in [0.5, 0.6) is 0 Å². The smallest absolute Gasteiger partial charge is 0.0467 e. The molecule has 1 aromatic heterocycles. The Bertz CT molecular complexity index is 898. The van der Waals surface area contributed by atoms with Gasteiger partial charge < -0.3 is 4.90 Å². The molecule has 1 fully saturated rings. The average molecular weight is 477 g/mol. The lowest BCUT2D eigenvalue weighted by atomic mass is 10.0. The molecule has 0 aliphatic heterocycles. The molecule has 35 heavy (non-hydrogen) atoms. The molecule has 2 heteroatoms. The lowest BCUT2D eigenvalue weighted by Gasteiger charge is -2.22. The zero-order chi connectivity index (χ0) is 26.4. The molecule has 1 aliphatic carbocycles. The van der Waals surface area contributed by atoms with Crippen molar-refractivity contribution >= 4 is 0 Å². The first kappa shape index (κ1) is 30.8. The van der Waals surface area contributed by atoms with Gasteiger partial charge in [0.2, 0.25) is 0 Å². The van der Waals surface area contributed by atoms with Crippen molar-refractivity contribution in [3.63, 3.8) is 0 Å². The monoisotopic (exact) mass is 476 g/mol. The zero-order valence-electron chi connectivity index (χ0n) is 24.2. The number of rotatable bonds is 10. The van der Waals surface area contributed by atoms with Crippen LogP contribution in [0, 0.1) is 12.8 Å². The summed E-state index contributed by atoms with van der Waals surface area (Å²) in [5, 5.41) is 0. The van der Waals surface area contributed by atoms with Crippen LogP contribution >= 0.6 is 0 Å². The molecule has 1 saturated carbocycles. The van der Waals surface area contributed by atoms with Gasteiger partial charge in [0.05, 0.1) is 0 Å². The molecule has 0 bridgehead atoms. The van der Waals surface area contributed by atoms with Gasteiger partial charge in [0.1, 0.15) is 0 Å². The second-order valence-electron chi connectivity index (χ2n) is 10.5. The summed E-state index contributed by atoms with van der Waals surface area (Å²) in [4.78, 5) is 6.85. The lowest BCUT2D eigenvalue weighted by molar-refractivity contribution is 0.319. The number of allylic oxidation sites excluding steroid dienone is 2. The van der Waals surface area contributed by atoms with Crippen LogP contribution in [0.1, 0.15) is 96.9 Å². The third kappa shape index (κ3) is 10.9. The second kappa shape index (κ2) is 15.7. The first-order valence-electron chi connectivity index (χ1n) is 13.6. The van der Waals surface area contributed by atoms with Gasteiger partial charge >= 0.3 is 0 Å². The number of nitrogens with zero attached hydrogens (tertiary/aromatic N) is 2. The summed E-state index contributed by atoms with van der Waals surface area (Å²) in [6.45, 7) is 23.8. The highest BCUT2D eigenvalue weighted by molar-refractivity contribution is 5.28. The molecule has 1 aliphatic rings. The van der Waals surface area contributed by atoms with Crippen molar-refractivity contribution in [2.75, 3.05) is 20.1 Å². The fourth-order valence-electron chi connectivity index (χ4n) is 4.22. The number of aryl methyl sites for hydroxylation is 1. The maximum atomic E-state index is 4.42. The first-order valence-corrected chi connectivity index (χ1v) is 13.6. The summed E-state index contributed by atoms with van der Waals surface area (Å²) in [5.41, 5.74) is 7.23. The van der Waals surface area contributed by atoms with E-state index in [-0.39, 0.29) is 0 Å². The molecule has 2 nitrogen and oxygen atoms in total. The van der Waals surface area contributed by atoms with Crippen LogP contribution in [0.3, 0.4) is 0 Å². The van der Waals surface area contributed by atoms with E-state index in [0.717, 1.165) is 38.3 Å². The van der Waals surface area contributed by atoms with Gasteiger partial charge in [0, 0.05) is 30.4 Å². The summed E-state index contributed by atoms with van der Waals surface area (Å²) in [5.74, 6) is 1.39. The summed E-state index contributed by atoms with van der Waals surface area (Å²) < 4.78 is 0. The predicted molar refractivity (Wildman–Crippen MR) is 156 cm³/mol. The molecule has 3 atom stereocenters. The van der Waals surface area contributed by atoms with E-state index in [1.807, 2.05) is 20.0 Å². The Hall–Kier alpha value is -2.19. The van der Waals surface area contributed by atoms with Crippen LogP contribution in [0.2, 0.25) is 0 Å². The van der Waals surface area contributed by atoms with E-state index in [2.05, 4.69) is 114 Å². The summed E-state index contributed by atoms with van der Waals surface area (Å²) >= 11 is 0. The van der Waals surface area contributed by atoms with Crippen molar-refractivity contribution < 1.29 is 0 Å². The minimum absolute atomic E-state index is 0.381. The molecular formula is C33H52N2. The Kier molecular flexibility index (Phi) is 13.9. The van der Waals surface area contributed by atoms with Crippen molar-refractivity contribution in [3.8, 4) is 0 Å². The van der Waals surface area contributed by atoms with Crippen LogP contribution in [0.15, 0.2) is 72.5 Å². The van der Waals surface area contributed by atoms with E-state index in [1.54, 1.807) is 0 Å². The maximum absolute atomic E-state index is 4.42. The maximum Gasteiger partial charge on any atom is 0.0467 e. The normalized spacial score (nSPS) is 19.7. The van der Waals surface area contributed by atoms with Gasteiger partial charge in [0.25, 0.3) is 0 Å². The summed E-state index contributed by atoms with van der Waals surface area (Å²) in [6.07, 6.45) is 8.79. The SMILES string of the molecule is C=C(CC/C(C)=C/C)CCN(C)CC(C)c1ccccc1.CC.Cc1ccnc(C2(C)CC2C)c1. The van der Waals surface area contributed by atoms with E-state index in [0.29, 0.717) is 11.3 Å². The van der Waals surface area contributed by atoms with E-state index in [1.165, 1.54) is 34.4 Å². The number of hydrogen-bond donors (Lipinski definition) is 0. The van der Waals surface area contributed by atoms with Crippen LogP contribution < -0.4 is 0 Å².